The summed E-state index contributed by atoms with van der Waals surface area (Å²) in [5.74, 6) is -0.305. The van der Waals surface area contributed by atoms with Gasteiger partial charge in [0.2, 0.25) is 0 Å². The fourth-order valence-corrected chi connectivity index (χ4v) is 1.68. The van der Waals surface area contributed by atoms with Gasteiger partial charge < -0.3 is 10.1 Å². The molecule has 0 amide bonds. The third kappa shape index (κ3) is 4.61. The number of esters is 1. The third-order valence-electron chi connectivity index (χ3n) is 2.22. The number of carbonyl (C=O) groups is 1. The van der Waals surface area contributed by atoms with E-state index in [1.54, 1.807) is 13.0 Å². The number of ether oxygens (including phenoxy) is 1. The molecule has 0 atom stereocenters. The van der Waals surface area contributed by atoms with Crippen LogP contribution >= 0.6 is 15.9 Å². The average Bonchev–Trinajstić information content (AvgIpc) is 2.30. The van der Waals surface area contributed by atoms with Crippen LogP contribution in [0, 0.1) is 6.92 Å². The molecule has 1 aromatic rings. The molecule has 0 unspecified atom stereocenters. The molecule has 0 bridgehead atoms. The van der Waals surface area contributed by atoms with Gasteiger partial charge in [-0.1, -0.05) is 28.1 Å². The van der Waals surface area contributed by atoms with Gasteiger partial charge in [0, 0.05) is 22.8 Å². The smallest absolute Gasteiger partial charge is 0.330 e. The van der Waals surface area contributed by atoms with Crippen molar-refractivity contribution >= 4 is 27.6 Å². The number of nitrogens with one attached hydrogen (secondary N) is 1. The molecule has 0 aromatic heterocycles. The molecule has 0 heterocycles. The Balaban J connectivity index is 2.46. The Labute approximate surface area is 110 Å². The maximum Gasteiger partial charge on any atom is 0.330 e. The van der Waals surface area contributed by atoms with E-state index in [4.69, 9.17) is 4.74 Å². The number of rotatable bonds is 5. The molecule has 0 saturated carbocycles. The summed E-state index contributed by atoms with van der Waals surface area (Å²) in [4.78, 5) is 11.0. The summed E-state index contributed by atoms with van der Waals surface area (Å²) in [7, 11) is 0. The highest BCUT2D eigenvalue weighted by atomic mass is 79.9. The zero-order valence-electron chi connectivity index (χ0n) is 10.00. The standard InChI is InChI=1S/C13H16BrNO2/c1-3-17-13(16)8-5-9-15-12-7-4-6-11(14)10(12)2/h4-8,15H,3,9H2,1-2H3/b8-5+. The van der Waals surface area contributed by atoms with Crippen LogP contribution in [0.15, 0.2) is 34.8 Å². The minimum Gasteiger partial charge on any atom is -0.463 e. The maximum atomic E-state index is 11.0. The Kier molecular flexibility index (Phi) is 5.77. The van der Waals surface area contributed by atoms with Crippen molar-refractivity contribution in [2.45, 2.75) is 13.8 Å². The number of halogens is 1. The van der Waals surface area contributed by atoms with Gasteiger partial charge in [0.05, 0.1) is 6.61 Å². The van der Waals surface area contributed by atoms with Crippen LogP contribution in [0.4, 0.5) is 5.69 Å². The van der Waals surface area contributed by atoms with Crippen molar-refractivity contribution in [3.63, 3.8) is 0 Å². The Bertz CT molecular complexity index is 416. The third-order valence-corrected chi connectivity index (χ3v) is 3.08. The molecular weight excluding hydrogens is 282 g/mol. The molecular formula is C13H16BrNO2. The number of hydrogen-bond donors (Lipinski definition) is 1. The molecule has 0 spiro atoms. The van der Waals surface area contributed by atoms with Crippen molar-refractivity contribution in [3.05, 3.63) is 40.4 Å². The average molecular weight is 298 g/mol. The molecule has 17 heavy (non-hydrogen) atoms. The predicted octanol–water partition coefficient (Wildman–Crippen LogP) is 3.29. The first-order valence-electron chi connectivity index (χ1n) is 5.47. The zero-order valence-corrected chi connectivity index (χ0v) is 11.6. The van der Waals surface area contributed by atoms with Gasteiger partial charge in [0.25, 0.3) is 0 Å². The van der Waals surface area contributed by atoms with E-state index in [-0.39, 0.29) is 5.97 Å². The van der Waals surface area contributed by atoms with E-state index in [1.165, 1.54) is 6.08 Å². The van der Waals surface area contributed by atoms with Crippen LogP contribution in [-0.2, 0) is 9.53 Å². The van der Waals surface area contributed by atoms with Crippen LogP contribution in [-0.4, -0.2) is 19.1 Å². The summed E-state index contributed by atoms with van der Waals surface area (Å²) in [6, 6.07) is 5.96. The van der Waals surface area contributed by atoms with Crippen molar-refractivity contribution in [1.82, 2.24) is 0 Å². The lowest BCUT2D eigenvalue weighted by Gasteiger charge is -2.08. The molecule has 3 nitrogen and oxygen atoms in total. The minimum absolute atomic E-state index is 0.305. The number of carbonyl (C=O) groups excluding carboxylic acids is 1. The predicted molar refractivity (Wildman–Crippen MR) is 73.1 cm³/mol. The lowest BCUT2D eigenvalue weighted by Crippen LogP contribution is -2.03. The van der Waals surface area contributed by atoms with E-state index in [0.717, 1.165) is 15.7 Å². The monoisotopic (exact) mass is 297 g/mol. The quantitative estimate of drug-likeness (QED) is 0.669. The van der Waals surface area contributed by atoms with E-state index in [0.29, 0.717) is 13.2 Å². The summed E-state index contributed by atoms with van der Waals surface area (Å²) in [5, 5.41) is 3.23. The van der Waals surface area contributed by atoms with Crippen LogP contribution in [0.1, 0.15) is 12.5 Å². The lowest BCUT2D eigenvalue weighted by molar-refractivity contribution is -0.137. The number of anilines is 1. The van der Waals surface area contributed by atoms with Crippen LogP contribution < -0.4 is 5.32 Å². The summed E-state index contributed by atoms with van der Waals surface area (Å²) < 4.78 is 5.84. The van der Waals surface area contributed by atoms with Crippen molar-refractivity contribution in [2.24, 2.45) is 0 Å². The SMILES string of the molecule is CCOC(=O)/C=C/CNc1cccc(Br)c1C. The van der Waals surface area contributed by atoms with Gasteiger partial charge in [0.15, 0.2) is 0 Å². The fourth-order valence-electron chi connectivity index (χ4n) is 1.31. The van der Waals surface area contributed by atoms with Gasteiger partial charge in [-0.05, 0) is 31.5 Å². The van der Waals surface area contributed by atoms with Gasteiger partial charge in [-0.15, -0.1) is 0 Å². The molecule has 4 heteroatoms. The highest BCUT2D eigenvalue weighted by Gasteiger charge is 1.99. The summed E-state index contributed by atoms with van der Waals surface area (Å²) >= 11 is 3.47. The Morgan fingerprint density at radius 1 is 1.53 bits per heavy atom. The van der Waals surface area contributed by atoms with Gasteiger partial charge >= 0.3 is 5.97 Å². The van der Waals surface area contributed by atoms with Crippen LogP contribution in [0.2, 0.25) is 0 Å². The van der Waals surface area contributed by atoms with E-state index in [9.17, 15) is 4.79 Å². The van der Waals surface area contributed by atoms with Gasteiger partial charge in [0.1, 0.15) is 0 Å². The van der Waals surface area contributed by atoms with Crippen molar-refractivity contribution in [1.29, 1.82) is 0 Å². The second-order valence-corrected chi connectivity index (χ2v) is 4.30. The normalized spacial score (nSPS) is 10.5. The highest BCUT2D eigenvalue weighted by Crippen LogP contribution is 2.23. The first-order chi connectivity index (χ1) is 8.15. The molecule has 1 aromatic carbocycles. The topological polar surface area (TPSA) is 38.3 Å². The first kappa shape index (κ1) is 13.8. The molecule has 0 fully saturated rings. The molecule has 0 radical (unpaired) electrons. The van der Waals surface area contributed by atoms with Crippen LogP contribution in [0.5, 0.6) is 0 Å². The minimum atomic E-state index is -0.305. The lowest BCUT2D eigenvalue weighted by atomic mass is 10.2. The van der Waals surface area contributed by atoms with Gasteiger partial charge in [-0.2, -0.15) is 0 Å². The first-order valence-corrected chi connectivity index (χ1v) is 6.26. The molecule has 0 aliphatic carbocycles. The van der Waals surface area contributed by atoms with E-state index < -0.39 is 0 Å². The second kappa shape index (κ2) is 7.12. The van der Waals surface area contributed by atoms with E-state index in [2.05, 4.69) is 21.2 Å². The molecule has 0 saturated heterocycles. The second-order valence-electron chi connectivity index (χ2n) is 3.45. The van der Waals surface area contributed by atoms with Gasteiger partial charge in [-0.25, -0.2) is 4.79 Å². The fraction of sp³-hybridized carbons (Fsp3) is 0.308. The van der Waals surface area contributed by atoms with Crippen molar-refractivity contribution < 1.29 is 9.53 Å². The molecule has 92 valence electrons. The highest BCUT2D eigenvalue weighted by molar-refractivity contribution is 9.10. The van der Waals surface area contributed by atoms with Crippen LogP contribution in [0.25, 0.3) is 0 Å². The Morgan fingerprint density at radius 2 is 2.29 bits per heavy atom. The van der Waals surface area contributed by atoms with E-state index in [1.807, 2.05) is 25.1 Å². The Hall–Kier alpha value is -1.29. The van der Waals surface area contributed by atoms with Crippen molar-refractivity contribution in [3.8, 4) is 0 Å². The molecule has 1 N–H and O–H groups in total. The Morgan fingerprint density at radius 3 is 3.00 bits per heavy atom. The maximum absolute atomic E-state index is 11.0. The van der Waals surface area contributed by atoms with Crippen LogP contribution in [0.3, 0.4) is 0 Å². The molecule has 1 rings (SSSR count). The number of hydrogen-bond acceptors (Lipinski definition) is 3. The molecule has 0 aliphatic heterocycles. The van der Waals surface area contributed by atoms with Crippen molar-refractivity contribution in [2.75, 3.05) is 18.5 Å². The summed E-state index contributed by atoms with van der Waals surface area (Å²) in [6.07, 6.45) is 3.18. The van der Waals surface area contributed by atoms with Gasteiger partial charge in [-0.3, -0.25) is 0 Å². The molecule has 0 aliphatic rings. The largest absolute Gasteiger partial charge is 0.463 e. The summed E-state index contributed by atoms with van der Waals surface area (Å²) in [6.45, 7) is 4.81. The number of benzene rings is 1. The van der Waals surface area contributed by atoms with E-state index >= 15 is 0 Å². The zero-order chi connectivity index (χ0) is 12.7. The summed E-state index contributed by atoms with van der Waals surface area (Å²) in [5.41, 5.74) is 2.20.